The first-order valence-electron chi connectivity index (χ1n) is 13.5. The van der Waals surface area contributed by atoms with Gasteiger partial charge >= 0.3 is 0 Å². The van der Waals surface area contributed by atoms with Crippen LogP contribution in [0.2, 0.25) is 0 Å². The largest absolute Gasteiger partial charge is 0.491 e. The van der Waals surface area contributed by atoms with Crippen LogP contribution in [-0.4, -0.2) is 67.7 Å². The molecule has 1 atom stereocenters. The van der Waals surface area contributed by atoms with E-state index in [4.69, 9.17) is 4.74 Å². The first-order valence-corrected chi connectivity index (χ1v) is 13.5. The highest BCUT2D eigenvalue weighted by atomic mass is 16.5. The molecule has 1 aromatic heterocycles. The van der Waals surface area contributed by atoms with E-state index in [0.717, 1.165) is 41.0 Å². The number of benzene rings is 2. The van der Waals surface area contributed by atoms with Gasteiger partial charge in [-0.3, -0.25) is 9.59 Å². The fourth-order valence-electron chi connectivity index (χ4n) is 4.93. The fraction of sp³-hybridized carbons (Fsp3) is 0.419. The molecule has 0 aliphatic carbocycles. The Bertz CT molecular complexity index is 1350. The smallest absolute Gasteiger partial charge is 0.268 e. The lowest BCUT2D eigenvalue weighted by molar-refractivity contribution is 0.0936. The van der Waals surface area contributed by atoms with Gasteiger partial charge in [0, 0.05) is 56.2 Å². The van der Waals surface area contributed by atoms with E-state index in [1.807, 2.05) is 81.9 Å². The van der Waals surface area contributed by atoms with E-state index < -0.39 is 0 Å². The summed E-state index contributed by atoms with van der Waals surface area (Å²) in [5.41, 5.74) is 5.80. The molecular weight excluding hydrogens is 490 g/mol. The summed E-state index contributed by atoms with van der Waals surface area (Å²) >= 11 is 0. The number of nitrogens with zero attached hydrogens (tertiary/aromatic N) is 3. The van der Waals surface area contributed by atoms with Crippen LogP contribution >= 0.6 is 0 Å². The van der Waals surface area contributed by atoms with Crippen LogP contribution in [0.15, 0.2) is 48.7 Å². The zero-order valence-electron chi connectivity index (χ0n) is 24.3. The molecule has 4 rings (SSSR count). The van der Waals surface area contributed by atoms with Crippen molar-refractivity contribution in [1.82, 2.24) is 20.1 Å². The second-order valence-electron chi connectivity index (χ2n) is 10.9. The van der Waals surface area contributed by atoms with Crippen molar-refractivity contribution in [2.75, 3.05) is 39.1 Å². The third-order valence-electron chi connectivity index (χ3n) is 7.40. The number of likely N-dealkylation sites (N-methyl/N-ethyl adjacent to an activating group) is 1. The highest BCUT2D eigenvalue weighted by Gasteiger charge is 2.29. The Balaban J connectivity index is 1.61. The summed E-state index contributed by atoms with van der Waals surface area (Å²) in [7, 11) is 7.67. The highest BCUT2D eigenvalue weighted by molar-refractivity contribution is 6.00. The Morgan fingerprint density at radius 1 is 1.03 bits per heavy atom. The Kier molecular flexibility index (Phi) is 8.35. The maximum absolute atomic E-state index is 13.5. The van der Waals surface area contributed by atoms with Crippen LogP contribution in [-0.2, 0) is 7.05 Å². The summed E-state index contributed by atoms with van der Waals surface area (Å²) in [6, 6.07) is 14.2. The number of nitrogens with one attached hydrogen (secondary N) is 2. The minimum absolute atomic E-state index is 0.0221. The van der Waals surface area contributed by atoms with Gasteiger partial charge in [-0.05, 0) is 94.9 Å². The van der Waals surface area contributed by atoms with Crippen molar-refractivity contribution in [2.45, 2.75) is 45.9 Å². The van der Waals surface area contributed by atoms with E-state index in [0.29, 0.717) is 23.0 Å². The van der Waals surface area contributed by atoms with Gasteiger partial charge in [-0.1, -0.05) is 6.07 Å². The van der Waals surface area contributed by atoms with Gasteiger partial charge in [0.15, 0.2) is 0 Å². The van der Waals surface area contributed by atoms with E-state index in [9.17, 15) is 9.59 Å². The van der Waals surface area contributed by atoms with Crippen molar-refractivity contribution in [2.24, 2.45) is 7.05 Å². The molecule has 2 aromatic carbocycles. The van der Waals surface area contributed by atoms with Crippen LogP contribution in [0.3, 0.4) is 0 Å². The number of hydrogen-bond donors (Lipinski definition) is 2. The number of anilines is 1. The van der Waals surface area contributed by atoms with Crippen LogP contribution in [0, 0.1) is 6.92 Å². The Morgan fingerprint density at radius 3 is 2.38 bits per heavy atom. The summed E-state index contributed by atoms with van der Waals surface area (Å²) in [6.07, 6.45) is 1.85. The second-order valence-corrected chi connectivity index (χ2v) is 10.9. The molecule has 39 heavy (non-hydrogen) atoms. The van der Waals surface area contributed by atoms with Crippen molar-refractivity contribution < 1.29 is 14.3 Å². The van der Waals surface area contributed by atoms with Crippen LogP contribution in [0.4, 0.5) is 5.69 Å². The van der Waals surface area contributed by atoms with Crippen molar-refractivity contribution in [3.63, 3.8) is 0 Å². The normalized spacial score (nSPS) is 14.4. The Labute approximate surface area is 231 Å². The van der Waals surface area contributed by atoms with Crippen molar-refractivity contribution >= 4 is 17.5 Å². The number of aromatic nitrogens is 1. The van der Waals surface area contributed by atoms with Gasteiger partial charge in [-0.15, -0.1) is 0 Å². The third-order valence-corrected chi connectivity index (χ3v) is 7.40. The Morgan fingerprint density at radius 2 is 1.74 bits per heavy atom. The molecule has 0 unspecified atom stereocenters. The first-order chi connectivity index (χ1) is 18.5. The number of rotatable bonds is 9. The SMILES string of the molecule is CNC(=O)c1c(-c2cc(OC(C)C)cc([C@@H](C)NC(=O)c3cc(N4CC(N(C)C)C4)ccc3C)c2)ccn1C. The molecule has 0 saturated carbocycles. The fourth-order valence-corrected chi connectivity index (χ4v) is 4.93. The van der Waals surface area contributed by atoms with E-state index in [1.54, 1.807) is 7.05 Å². The lowest BCUT2D eigenvalue weighted by Gasteiger charge is -2.44. The molecule has 0 spiro atoms. The van der Waals surface area contributed by atoms with Crippen molar-refractivity contribution in [3.8, 4) is 16.9 Å². The summed E-state index contributed by atoms with van der Waals surface area (Å²) < 4.78 is 7.88. The summed E-state index contributed by atoms with van der Waals surface area (Å²) in [5.74, 6) is 0.413. The van der Waals surface area contributed by atoms with Gasteiger partial charge in [-0.25, -0.2) is 0 Å². The van der Waals surface area contributed by atoms with Crippen LogP contribution in [0.5, 0.6) is 5.75 Å². The van der Waals surface area contributed by atoms with E-state index in [2.05, 4.69) is 40.6 Å². The van der Waals surface area contributed by atoms with Crippen molar-refractivity contribution in [3.05, 3.63) is 71.0 Å². The number of carbonyl (C=O) groups is 2. The van der Waals surface area contributed by atoms with Gasteiger partial charge in [0.05, 0.1) is 12.1 Å². The van der Waals surface area contributed by atoms with Gasteiger partial charge in [0.2, 0.25) is 0 Å². The average Bonchev–Trinajstić information content (AvgIpc) is 3.24. The number of carbonyl (C=O) groups excluding carboxylic acids is 2. The zero-order valence-corrected chi connectivity index (χ0v) is 24.3. The molecule has 1 fully saturated rings. The highest BCUT2D eigenvalue weighted by Crippen LogP contribution is 2.32. The average molecular weight is 532 g/mol. The minimum atomic E-state index is -0.288. The van der Waals surface area contributed by atoms with Gasteiger partial charge < -0.3 is 29.7 Å². The number of hydrogen-bond acceptors (Lipinski definition) is 5. The van der Waals surface area contributed by atoms with Gasteiger partial charge in [-0.2, -0.15) is 0 Å². The molecule has 0 bridgehead atoms. The number of aryl methyl sites for hydroxylation is 2. The topological polar surface area (TPSA) is 78.8 Å². The minimum Gasteiger partial charge on any atom is -0.491 e. The van der Waals surface area contributed by atoms with E-state index >= 15 is 0 Å². The van der Waals surface area contributed by atoms with E-state index in [1.165, 1.54) is 0 Å². The molecule has 0 radical (unpaired) electrons. The number of ether oxygens (including phenoxy) is 1. The molecule has 3 aromatic rings. The van der Waals surface area contributed by atoms with E-state index in [-0.39, 0.29) is 24.0 Å². The maximum Gasteiger partial charge on any atom is 0.268 e. The lowest BCUT2D eigenvalue weighted by Crippen LogP contribution is -2.57. The molecule has 2 amide bonds. The molecule has 2 N–H and O–H groups in total. The quantitative estimate of drug-likeness (QED) is 0.428. The molecule has 8 nitrogen and oxygen atoms in total. The van der Waals surface area contributed by atoms with Crippen molar-refractivity contribution in [1.29, 1.82) is 0 Å². The number of amides is 2. The standard InChI is InChI=1S/C31H41N5O3/c1-19(2)39-26-14-22(13-23(15-26)27-11-12-35(8)29(27)31(38)32-5)21(4)33-30(37)28-16-24(10-9-20(28)3)36-17-25(18-36)34(6)7/h9-16,19,21,25H,17-18H2,1-8H3,(H,32,38)(H,33,37)/t21-/m1/s1. The maximum atomic E-state index is 13.5. The molecule has 208 valence electrons. The summed E-state index contributed by atoms with van der Waals surface area (Å²) in [5, 5.41) is 5.92. The molecular formula is C31H41N5O3. The second kappa shape index (κ2) is 11.5. The lowest BCUT2D eigenvalue weighted by atomic mass is 9.98. The molecule has 1 aliphatic rings. The Hall–Kier alpha value is -3.78. The summed E-state index contributed by atoms with van der Waals surface area (Å²) in [4.78, 5) is 30.6. The van der Waals surface area contributed by atoms with Crippen LogP contribution in [0.1, 0.15) is 58.8 Å². The third kappa shape index (κ3) is 6.11. The monoisotopic (exact) mass is 531 g/mol. The van der Waals surface area contributed by atoms with Crippen LogP contribution in [0.25, 0.3) is 11.1 Å². The zero-order chi connectivity index (χ0) is 28.4. The molecule has 2 heterocycles. The first kappa shape index (κ1) is 28.2. The molecule has 1 saturated heterocycles. The van der Waals surface area contributed by atoms with Crippen LogP contribution < -0.4 is 20.3 Å². The summed E-state index contributed by atoms with van der Waals surface area (Å²) in [6.45, 7) is 9.80. The predicted molar refractivity (Wildman–Crippen MR) is 157 cm³/mol. The van der Waals surface area contributed by atoms with Gasteiger partial charge in [0.1, 0.15) is 11.4 Å². The molecule has 1 aliphatic heterocycles. The predicted octanol–water partition coefficient (Wildman–Crippen LogP) is 4.39. The molecule has 8 heteroatoms. The van der Waals surface area contributed by atoms with Gasteiger partial charge in [0.25, 0.3) is 11.8 Å².